The van der Waals surface area contributed by atoms with Gasteiger partial charge in [0.15, 0.2) is 0 Å². The average Bonchev–Trinajstić information content (AvgIpc) is 3.08. The number of nitrogens with zero attached hydrogens (tertiary/aromatic N) is 2. The summed E-state index contributed by atoms with van der Waals surface area (Å²) in [5.41, 5.74) is -5.40. The van der Waals surface area contributed by atoms with E-state index in [1.165, 1.54) is 0 Å². The van der Waals surface area contributed by atoms with Crippen molar-refractivity contribution >= 4 is 23.1 Å². The van der Waals surface area contributed by atoms with Gasteiger partial charge in [0.1, 0.15) is 23.1 Å². The lowest BCUT2D eigenvalue weighted by Crippen LogP contribution is -3.23. The number of carbonyl (C=O) groups is 4. The van der Waals surface area contributed by atoms with Crippen LogP contribution < -0.4 is 20.3 Å². The Morgan fingerprint density at radius 1 is 0.350 bits per heavy atom. The molecule has 0 aromatic carbocycles. The lowest BCUT2D eigenvalue weighted by atomic mass is 9.73. The zero-order chi connectivity index (χ0) is 46.0. The Hall–Kier alpha value is -1.72. The van der Waals surface area contributed by atoms with Crippen LogP contribution in [0.15, 0.2) is 0 Å². The predicted octanol–water partition coefficient (Wildman–Crippen LogP) is 1.27. The summed E-state index contributed by atoms with van der Waals surface area (Å²) < 4.78 is 0. The Morgan fingerprint density at radius 3 is 0.617 bits per heavy atom. The van der Waals surface area contributed by atoms with E-state index >= 15 is 0 Å². The van der Waals surface area contributed by atoms with Crippen molar-refractivity contribution in [2.24, 2.45) is 23.7 Å². The number of quaternary nitrogens is 4. The summed E-state index contributed by atoms with van der Waals surface area (Å²) in [6.07, 6.45) is 3.38. The van der Waals surface area contributed by atoms with Crippen LogP contribution in [0.2, 0.25) is 0 Å². The number of nitrogens with one attached hydrogen (secondary N) is 4. The van der Waals surface area contributed by atoms with Crippen molar-refractivity contribution in [3.05, 3.63) is 20.8 Å². The van der Waals surface area contributed by atoms with Crippen molar-refractivity contribution in [3.63, 3.8) is 0 Å². The fourth-order valence-corrected chi connectivity index (χ4v) is 12.6. The van der Waals surface area contributed by atoms with Crippen LogP contribution in [0.3, 0.4) is 0 Å². The molecule has 0 spiro atoms. The second kappa shape index (κ2) is 17.3. The molecule has 4 N–H and O–H groups in total. The molecule has 4 saturated heterocycles. The minimum absolute atomic E-state index is 0.0227. The third-order valence-electron chi connectivity index (χ3n) is 15.0. The molecule has 0 amide bonds. The number of carbonyl (C=O) groups excluding carboxylic acids is 4. The molecular formula is C46H84N6O8. The van der Waals surface area contributed by atoms with Crippen LogP contribution in [0.25, 0.3) is 0 Å². The van der Waals surface area contributed by atoms with Gasteiger partial charge in [-0.1, -0.05) is 0 Å². The van der Waals surface area contributed by atoms with E-state index < -0.39 is 44.3 Å². The van der Waals surface area contributed by atoms with E-state index in [0.717, 1.165) is 0 Å². The lowest BCUT2D eigenvalue weighted by Gasteiger charge is -2.54. The van der Waals surface area contributed by atoms with Crippen molar-refractivity contribution < 1.29 is 39.4 Å². The molecular weight excluding hydrogens is 765 g/mol. The van der Waals surface area contributed by atoms with Gasteiger partial charge in [0.2, 0.25) is 0 Å². The molecule has 0 bridgehead atoms. The molecule has 0 atom stereocenters. The smallest absolute Gasteiger partial charge is 0.150 e. The van der Waals surface area contributed by atoms with Gasteiger partial charge in [-0.15, -0.1) is 0 Å². The first kappa shape index (κ1) is 50.9. The topological polar surface area (TPSA) is 185 Å². The van der Waals surface area contributed by atoms with Crippen LogP contribution in [0.4, 0.5) is 0 Å². The van der Waals surface area contributed by atoms with Crippen molar-refractivity contribution in [2.75, 3.05) is 39.3 Å². The van der Waals surface area contributed by atoms with Crippen LogP contribution in [0.1, 0.15) is 162 Å². The molecule has 4 heterocycles. The fraction of sp³-hybridized carbons (Fsp3) is 0.913. The summed E-state index contributed by atoms with van der Waals surface area (Å²) >= 11 is 0. The molecule has 0 radical (unpaired) electrons. The quantitative estimate of drug-likeness (QED) is 0.175. The minimum Gasteiger partial charge on any atom is -0.634 e. The van der Waals surface area contributed by atoms with Gasteiger partial charge < -0.3 is 41.1 Å². The van der Waals surface area contributed by atoms with Gasteiger partial charge in [-0.2, -0.15) is 0 Å². The molecule has 0 aromatic heterocycles. The Kier molecular flexibility index (Phi) is 14.7. The first-order chi connectivity index (χ1) is 26.9. The number of hydrogen-bond acceptors (Lipinski definition) is 10. The lowest BCUT2D eigenvalue weighted by molar-refractivity contribution is -0.956. The molecule has 14 nitrogen and oxygen atoms in total. The number of hydroxylamine groups is 8. The molecule has 14 heteroatoms. The molecule has 60 heavy (non-hydrogen) atoms. The molecule has 4 aliphatic heterocycles. The number of hydrogen-bond donors (Lipinski definition) is 4. The highest BCUT2D eigenvalue weighted by atomic mass is 16.5. The van der Waals surface area contributed by atoms with Crippen LogP contribution >= 0.6 is 0 Å². The Morgan fingerprint density at radius 2 is 0.483 bits per heavy atom. The van der Waals surface area contributed by atoms with E-state index in [0.29, 0.717) is 51.4 Å². The minimum atomic E-state index is -0.675. The number of rotatable bonds is 15. The Labute approximate surface area is 361 Å². The molecule has 0 aromatic rings. The summed E-state index contributed by atoms with van der Waals surface area (Å²) in [7, 11) is 0. The van der Waals surface area contributed by atoms with Gasteiger partial charge in [0.05, 0.1) is 70.5 Å². The van der Waals surface area contributed by atoms with Gasteiger partial charge >= 0.3 is 0 Å². The van der Waals surface area contributed by atoms with Crippen molar-refractivity contribution in [3.8, 4) is 0 Å². The SMILES string of the molecule is CC1(C)CC(C(=O)CN(CCN(CC(=O)C2CC(C)(C)[NH+]([O-])C(C)(C)C2)CC(=O)C2CC(C)(C)[NH+]([O-])C(C)(C)C2)CC(=O)C2CC(C)(C)[NH+]([O-])C(C)(C)C2)CC(C)(C)[NH+]1[O-]. The van der Waals surface area contributed by atoms with E-state index in [9.17, 15) is 40.0 Å². The molecule has 4 aliphatic rings. The van der Waals surface area contributed by atoms with Gasteiger partial charge in [-0.05, 0) is 111 Å². The number of Topliss-reactive ketones (excluding diaryl/α,β-unsaturated/α-hetero) is 4. The summed E-state index contributed by atoms with van der Waals surface area (Å²) in [5, 5.41) is 53.7. The van der Waals surface area contributed by atoms with E-state index in [4.69, 9.17) is 0 Å². The van der Waals surface area contributed by atoms with Gasteiger partial charge in [0, 0.05) is 88.1 Å². The first-order valence-corrected chi connectivity index (χ1v) is 22.7. The second-order valence-corrected chi connectivity index (χ2v) is 25.1. The zero-order valence-electron chi connectivity index (χ0n) is 40.4. The zero-order valence-corrected chi connectivity index (χ0v) is 40.4. The third-order valence-corrected chi connectivity index (χ3v) is 15.0. The van der Waals surface area contributed by atoms with E-state index in [1.807, 2.05) is 121 Å². The van der Waals surface area contributed by atoms with E-state index in [-0.39, 0.29) is 106 Å². The van der Waals surface area contributed by atoms with Gasteiger partial charge in [0.25, 0.3) is 0 Å². The predicted molar refractivity (Wildman–Crippen MR) is 234 cm³/mol. The van der Waals surface area contributed by atoms with Crippen molar-refractivity contribution in [1.29, 1.82) is 0 Å². The van der Waals surface area contributed by atoms with E-state index in [2.05, 4.69) is 0 Å². The fourth-order valence-electron chi connectivity index (χ4n) is 12.6. The standard InChI is InChI=1S/C46H84N6O8/c1-39(2)19-31(20-40(3,4)49(39)57)35(53)27-47(28-36(54)32-21-41(5,6)50(58)42(7,8)22-32)17-18-48(29-37(55)33-23-43(9,10)51(59)44(11,12)24-33)30-38(56)34-25-45(13,14)52(60)46(15,16)26-34/h31-34,49-52H,17-30H2,1-16H3. The van der Waals surface area contributed by atoms with E-state index in [1.54, 1.807) is 0 Å². The molecule has 4 rings (SSSR count). The molecule has 4 fully saturated rings. The number of piperidine rings is 4. The highest BCUT2D eigenvalue weighted by Crippen LogP contribution is 2.34. The molecule has 346 valence electrons. The van der Waals surface area contributed by atoms with Crippen LogP contribution in [0.5, 0.6) is 0 Å². The third kappa shape index (κ3) is 11.3. The average molecular weight is 849 g/mol. The summed E-state index contributed by atoms with van der Waals surface area (Å²) in [6.45, 7) is 30.7. The molecule has 0 aliphatic carbocycles. The molecule has 0 unspecified atom stereocenters. The summed E-state index contributed by atoms with van der Waals surface area (Å²) in [5.74, 6) is -1.67. The maximum Gasteiger partial charge on any atom is 0.150 e. The van der Waals surface area contributed by atoms with Crippen LogP contribution in [-0.4, -0.2) is 117 Å². The maximum absolute atomic E-state index is 14.3. The monoisotopic (exact) mass is 849 g/mol. The highest BCUT2D eigenvalue weighted by molar-refractivity contribution is 5.87. The summed E-state index contributed by atoms with van der Waals surface area (Å²) in [4.78, 5) is 61.0. The van der Waals surface area contributed by atoms with Crippen LogP contribution in [0, 0.1) is 44.5 Å². The largest absolute Gasteiger partial charge is 0.634 e. The molecule has 0 saturated carbocycles. The van der Waals surface area contributed by atoms with Crippen molar-refractivity contribution in [2.45, 2.75) is 206 Å². The Bertz CT molecular complexity index is 1300. The first-order valence-electron chi connectivity index (χ1n) is 22.7. The van der Waals surface area contributed by atoms with Gasteiger partial charge in [-0.25, -0.2) is 0 Å². The second-order valence-electron chi connectivity index (χ2n) is 25.1. The van der Waals surface area contributed by atoms with Crippen molar-refractivity contribution in [1.82, 2.24) is 9.80 Å². The highest BCUT2D eigenvalue weighted by Gasteiger charge is 2.51. The number of ketones is 4. The normalized spacial score (nSPS) is 34.8. The van der Waals surface area contributed by atoms with Gasteiger partial charge in [-0.3, -0.25) is 29.0 Å². The maximum atomic E-state index is 14.3. The van der Waals surface area contributed by atoms with Crippen LogP contribution in [-0.2, 0) is 19.2 Å². The Balaban J connectivity index is 1.64. The summed E-state index contributed by atoms with van der Waals surface area (Å²) in [6, 6.07) is 0.